The summed E-state index contributed by atoms with van der Waals surface area (Å²) in [5.74, 6) is 6.81. The fourth-order valence-electron chi connectivity index (χ4n) is 1.68. The first-order valence-corrected chi connectivity index (χ1v) is 8.06. The fourth-order valence-corrected chi connectivity index (χ4v) is 2.11. The van der Waals surface area contributed by atoms with Crippen molar-refractivity contribution in [2.45, 2.75) is 19.8 Å². The lowest BCUT2D eigenvalue weighted by Gasteiger charge is -2.08. The van der Waals surface area contributed by atoms with Crippen molar-refractivity contribution in [3.05, 3.63) is 34.9 Å². The third-order valence-electron chi connectivity index (χ3n) is 2.76. The molecule has 0 saturated heterocycles. The first-order valence-electron chi connectivity index (χ1n) is 6.66. The molecular formula is C16H21NO2S. The van der Waals surface area contributed by atoms with E-state index in [1.807, 2.05) is 25.1 Å². The van der Waals surface area contributed by atoms with Gasteiger partial charge in [-0.05, 0) is 43.0 Å². The molecule has 0 aromatic heterocycles. The van der Waals surface area contributed by atoms with Gasteiger partial charge in [0, 0.05) is 24.1 Å². The second kappa shape index (κ2) is 9.46. The Balaban J connectivity index is 2.71. The third-order valence-corrected chi connectivity index (χ3v) is 3.46. The maximum absolute atomic E-state index is 12.1. The number of hydrogen-bond donors (Lipinski definition) is 2. The van der Waals surface area contributed by atoms with E-state index < -0.39 is 0 Å². The second-order valence-electron chi connectivity index (χ2n) is 4.41. The highest BCUT2D eigenvalue weighted by Crippen LogP contribution is 2.10. The summed E-state index contributed by atoms with van der Waals surface area (Å²) >= 11 is 1.78. The van der Waals surface area contributed by atoms with Gasteiger partial charge in [0.25, 0.3) is 5.91 Å². The molecule has 1 aromatic carbocycles. The van der Waals surface area contributed by atoms with Crippen LogP contribution in [0.5, 0.6) is 0 Å². The van der Waals surface area contributed by atoms with Gasteiger partial charge in [-0.25, -0.2) is 0 Å². The number of aliphatic hydroxyl groups is 1. The van der Waals surface area contributed by atoms with Crippen LogP contribution in [0.25, 0.3) is 0 Å². The van der Waals surface area contributed by atoms with Crippen molar-refractivity contribution in [1.29, 1.82) is 0 Å². The number of nitrogens with one attached hydrogen (secondary N) is 1. The molecule has 1 rings (SSSR count). The van der Waals surface area contributed by atoms with Crippen LogP contribution >= 0.6 is 11.8 Å². The third kappa shape index (κ3) is 5.68. The highest BCUT2D eigenvalue weighted by molar-refractivity contribution is 7.98. The SMILES string of the molecule is CSCCCNC(=O)c1cc(C#CCCO)ccc1C. The van der Waals surface area contributed by atoms with Crippen molar-refractivity contribution in [2.24, 2.45) is 0 Å². The lowest BCUT2D eigenvalue weighted by Crippen LogP contribution is -2.25. The standard InChI is InChI=1S/C16H21NO2S/c1-13-7-8-14(6-3-4-10-18)12-15(13)16(19)17-9-5-11-20-2/h7-8,12,18H,4-5,9-11H2,1-2H3,(H,17,19). The monoisotopic (exact) mass is 291 g/mol. The predicted octanol–water partition coefficient (Wildman–Crippen LogP) is 2.21. The van der Waals surface area contributed by atoms with Crippen molar-refractivity contribution in [1.82, 2.24) is 5.32 Å². The van der Waals surface area contributed by atoms with Gasteiger partial charge in [0.2, 0.25) is 0 Å². The van der Waals surface area contributed by atoms with Gasteiger partial charge < -0.3 is 10.4 Å². The molecule has 0 unspecified atom stereocenters. The molecule has 4 heteroatoms. The van der Waals surface area contributed by atoms with E-state index in [-0.39, 0.29) is 12.5 Å². The van der Waals surface area contributed by atoms with Crippen molar-refractivity contribution in [3.63, 3.8) is 0 Å². The molecule has 0 aliphatic carbocycles. The smallest absolute Gasteiger partial charge is 0.251 e. The van der Waals surface area contributed by atoms with Gasteiger partial charge in [-0.1, -0.05) is 17.9 Å². The van der Waals surface area contributed by atoms with E-state index >= 15 is 0 Å². The molecule has 20 heavy (non-hydrogen) atoms. The Bertz CT molecular complexity index is 503. The van der Waals surface area contributed by atoms with Crippen LogP contribution in [-0.4, -0.2) is 36.2 Å². The number of aryl methyl sites for hydroxylation is 1. The Kier molecular flexibility index (Phi) is 7.86. The Labute approximate surface area is 125 Å². The lowest BCUT2D eigenvalue weighted by molar-refractivity contribution is 0.0953. The summed E-state index contributed by atoms with van der Waals surface area (Å²) in [6, 6.07) is 5.60. The Morgan fingerprint density at radius 3 is 2.95 bits per heavy atom. The molecule has 0 aliphatic heterocycles. The number of aliphatic hydroxyl groups excluding tert-OH is 1. The molecule has 0 radical (unpaired) electrons. The number of thioether (sulfide) groups is 1. The van der Waals surface area contributed by atoms with E-state index in [1.165, 1.54) is 0 Å². The van der Waals surface area contributed by atoms with Crippen LogP contribution in [0.1, 0.15) is 34.3 Å². The van der Waals surface area contributed by atoms with Crippen LogP contribution < -0.4 is 5.32 Å². The van der Waals surface area contributed by atoms with Crippen LogP contribution in [0.3, 0.4) is 0 Å². The van der Waals surface area contributed by atoms with Crippen molar-refractivity contribution >= 4 is 17.7 Å². The maximum atomic E-state index is 12.1. The number of amides is 1. The van der Waals surface area contributed by atoms with E-state index in [0.717, 1.165) is 23.3 Å². The maximum Gasteiger partial charge on any atom is 0.251 e. The number of rotatable bonds is 6. The Morgan fingerprint density at radius 1 is 1.45 bits per heavy atom. The van der Waals surface area contributed by atoms with Gasteiger partial charge >= 0.3 is 0 Å². The summed E-state index contributed by atoms with van der Waals surface area (Å²) in [4.78, 5) is 12.1. The van der Waals surface area contributed by atoms with Crippen LogP contribution in [0.4, 0.5) is 0 Å². The topological polar surface area (TPSA) is 49.3 Å². The number of benzene rings is 1. The molecule has 0 bridgehead atoms. The molecule has 0 heterocycles. The predicted molar refractivity (Wildman–Crippen MR) is 85.1 cm³/mol. The molecule has 0 atom stereocenters. The zero-order valence-corrected chi connectivity index (χ0v) is 12.8. The minimum Gasteiger partial charge on any atom is -0.395 e. The van der Waals surface area contributed by atoms with Gasteiger partial charge in [-0.2, -0.15) is 11.8 Å². The van der Waals surface area contributed by atoms with Gasteiger partial charge in [-0.15, -0.1) is 0 Å². The molecule has 3 nitrogen and oxygen atoms in total. The van der Waals surface area contributed by atoms with E-state index in [2.05, 4.69) is 23.4 Å². The highest BCUT2D eigenvalue weighted by Gasteiger charge is 2.08. The summed E-state index contributed by atoms with van der Waals surface area (Å²) < 4.78 is 0. The molecule has 2 N–H and O–H groups in total. The second-order valence-corrected chi connectivity index (χ2v) is 5.39. The van der Waals surface area contributed by atoms with E-state index in [1.54, 1.807) is 11.8 Å². The quantitative estimate of drug-likeness (QED) is 0.624. The summed E-state index contributed by atoms with van der Waals surface area (Å²) in [5.41, 5.74) is 2.42. The van der Waals surface area contributed by atoms with Crippen LogP contribution in [0.15, 0.2) is 18.2 Å². The molecule has 108 valence electrons. The van der Waals surface area contributed by atoms with E-state index in [0.29, 0.717) is 18.5 Å². The number of carbonyl (C=O) groups excluding carboxylic acids is 1. The minimum absolute atomic E-state index is 0.0468. The van der Waals surface area contributed by atoms with E-state index in [4.69, 9.17) is 5.11 Å². The average Bonchev–Trinajstić information content (AvgIpc) is 2.45. The first kappa shape index (κ1) is 16.6. The van der Waals surface area contributed by atoms with Crippen molar-refractivity contribution in [3.8, 4) is 11.8 Å². The molecule has 1 aromatic rings. The van der Waals surface area contributed by atoms with Gasteiger partial charge in [0.1, 0.15) is 0 Å². The van der Waals surface area contributed by atoms with Crippen LogP contribution in [-0.2, 0) is 0 Å². The van der Waals surface area contributed by atoms with E-state index in [9.17, 15) is 4.79 Å². The Morgan fingerprint density at radius 2 is 2.25 bits per heavy atom. The minimum atomic E-state index is -0.0468. The summed E-state index contributed by atoms with van der Waals surface area (Å²) in [6.07, 6.45) is 3.48. The average molecular weight is 291 g/mol. The van der Waals surface area contributed by atoms with Crippen molar-refractivity contribution in [2.75, 3.05) is 25.2 Å². The summed E-state index contributed by atoms with van der Waals surface area (Å²) in [6.45, 7) is 2.67. The molecule has 1 amide bonds. The highest BCUT2D eigenvalue weighted by atomic mass is 32.2. The zero-order chi connectivity index (χ0) is 14.8. The van der Waals surface area contributed by atoms with Gasteiger partial charge in [-0.3, -0.25) is 4.79 Å². The van der Waals surface area contributed by atoms with Crippen molar-refractivity contribution < 1.29 is 9.90 Å². The van der Waals surface area contributed by atoms with Gasteiger partial charge in [0.05, 0.1) is 6.61 Å². The Hall–Kier alpha value is -1.44. The molecule has 0 spiro atoms. The van der Waals surface area contributed by atoms with Crippen LogP contribution in [0.2, 0.25) is 0 Å². The number of carbonyl (C=O) groups is 1. The zero-order valence-electron chi connectivity index (χ0n) is 12.0. The van der Waals surface area contributed by atoms with Crippen LogP contribution in [0, 0.1) is 18.8 Å². The fraction of sp³-hybridized carbons (Fsp3) is 0.438. The normalized spacial score (nSPS) is 9.75. The number of hydrogen-bond acceptors (Lipinski definition) is 3. The first-order chi connectivity index (χ1) is 9.69. The lowest BCUT2D eigenvalue weighted by atomic mass is 10.0. The largest absolute Gasteiger partial charge is 0.395 e. The summed E-state index contributed by atoms with van der Waals surface area (Å²) in [7, 11) is 0. The molecular weight excluding hydrogens is 270 g/mol. The molecule has 0 aliphatic rings. The molecule has 0 saturated carbocycles. The molecule has 0 fully saturated rings. The van der Waals surface area contributed by atoms with Gasteiger partial charge in [0.15, 0.2) is 0 Å². The summed E-state index contributed by atoms with van der Waals surface area (Å²) in [5, 5.41) is 11.6.